The van der Waals surface area contributed by atoms with Crippen LogP contribution in [0.2, 0.25) is 5.02 Å². The van der Waals surface area contributed by atoms with Gasteiger partial charge in [-0.25, -0.2) is 4.98 Å². The molecule has 1 N–H and O–H groups in total. The molecule has 0 bridgehead atoms. The summed E-state index contributed by atoms with van der Waals surface area (Å²) in [7, 11) is 0. The molecule has 32 heavy (non-hydrogen) atoms. The SMILES string of the molecule is CCOc1ccc(C(O)=C2C(=O)C(=O)N(c3nc(C)c(C)s3)C2c2ccc(Cl)cc2)cc1. The number of rotatable bonds is 5. The van der Waals surface area contributed by atoms with Gasteiger partial charge in [-0.05, 0) is 62.7 Å². The van der Waals surface area contributed by atoms with Crippen molar-refractivity contribution in [3.05, 3.63) is 80.8 Å². The molecule has 1 unspecified atom stereocenters. The second-order valence-electron chi connectivity index (χ2n) is 7.32. The van der Waals surface area contributed by atoms with Crippen LogP contribution in [0.25, 0.3) is 5.76 Å². The molecular weight excluding hydrogens is 448 g/mol. The number of hydrogen-bond donors (Lipinski definition) is 1. The summed E-state index contributed by atoms with van der Waals surface area (Å²) in [5, 5.41) is 12.1. The summed E-state index contributed by atoms with van der Waals surface area (Å²) in [6, 6.07) is 12.8. The van der Waals surface area contributed by atoms with E-state index in [-0.39, 0.29) is 11.3 Å². The number of Topliss-reactive ketones (excluding diaryl/α,β-unsaturated/α-hetero) is 1. The van der Waals surface area contributed by atoms with Gasteiger partial charge >= 0.3 is 5.91 Å². The molecule has 2 heterocycles. The maximum atomic E-state index is 13.1. The topological polar surface area (TPSA) is 79.7 Å². The summed E-state index contributed by atoms with van der Waals surface area (Å²) >= 11 is 7.39. The number of aliphatic hydroxyl groups excluding tert-OH is 1. The van der Waals surface area contributed by atoms with Gasteiger partial charge in [-0.1, -0.05) is 23.7 Å². The minimum atomic E-state index is -0.830. The fourth-order valence-corrected chi connectivity index (χ4v) is 4.64. The van der Waals surface area contributed by atoms with Gasteiger partial charge in [0, 0.05) is 15.5 Å². The summed E-state index contributed by atoms with van der Waals surface area (Å²) in [5.74, 6) is -1.10. The van der Waals surface area contributed by atoms with Gasteiger partial charge in [0.1, 0.15) is 11.5 Å². The lowest BCUT2D eigenvalue weighted by molar-refractivity contribution is -0.132. The molecule has 1 aromatic heterocycles. The first-order valence-corrected chi connectivity index (χ1v) is 11.2. The van der Waals surface area contributed by atoms with Crippen molar-refractivity contribution in [1.29, 1.82) is 0 Å². The maximum absolute atomic E-state index is 13.1. The van der Waals surface area contributed by atoms with Gasteiger partial charge in [0.25, 0.3) is 5.78 Å². The minimum Gasteiger partial charge on any atom is -0.507 e. The van der Waals surface area contributed by atoms with E-state index in [1.807, 2.05) is 20.8 Å². The minimum absolute atomic E-state index is 0.00647. The van der Waals surface area contributed by atoms with Crippen LogP contribution in [0.4, 0.5) is 5.13 Å². The molecule has 2 aromatic carbocycles. The number of carbonyl (C=O) groups is 2. The van der Waals surface area contributed by atoms with Gasteiger partial charge in [-0.3, -0.25) is 14.5 Å². The number of ether oxygens (including phenoxy) is 1. The summed E-state index contributed by atoms with van der Waals surface area (Å²) in [6.45, 7) is 6.15. The van der Waals surface area contributed by atoms with Crippen LogP contribution >= 0.6 is 22.9 Å². The van der Waals surface area contributed by atoms with Gasteiger partial charge < -0.3 is 9.84 Å². The highest BCUT2D eigenvalue weighted by molar-refractivity contribution is 7.16. The lowest BCUT2D eigenvalue weighted by atomic mass is 9.95. The molecule has 8 heteroatoms. The molecule has 6 nitrogen and oxygen atoms in total. The lowest BCUT2D eigenvalue weighted by Crippen LogP contribution is -2.29. The van der Waals surface area contributed by atoms with Crippen LogP contribution in [0.1, 0.15) is 34.7 Å². The summed E-state index contributed by atoms with van der Waals surface area (Å²) in [5.41, 5.74) is 1.85. The zero-order chi connectivity index (χ0) is 23.0. The zero-order valence-electron chi connectivity index (χ0n) is 17.8. The van der Waals surface area contributed by atoms with E-state index in [0.29, 0.717) is 33.6 Å². The van der Waals surface area contributed by atoms with E-state index in [0.717, 1.165) is 10.6 Å². The number of carbonyl (C=O) groups excluding carboxylic acids is 2. The average molecular weight is 469 g/mol. The first kappa shape index (κ1) is 22.0. The van der Waals surface area contributed by atoms with E-state index in [4.69, 9.17) is 16.3 Å². The Balaban J connectivity index is 1.89. The summed E-state index contributed by atoms with van der Waals surface area (Å²) in [6.07, 6.45) is 0. The van der Waals surface area contributed by atoms with Crippen LogP contribution in [-0.2, 0) is 9.59 Å². The highest BCUT2D eigenvalue weighted by Crippen LogP contribution is 2.44. The van der Waals surface area contributed by atoms with Crippen molar-refractivity contribution in [3.8, 4) is 5.75 Å². The summed E-state index contributed by atoms with van der Waals surface area (Å²) in [4.78, 5) is 33.0. The normalized spacial score (nSPS) is 17.8. The Labute approximate surface area is 194 Å². The molecule has 164 valence electrons. The van der Waals surface area contributed by atoms with E-state index in [2.05, 4.69) is 4.98 Å². The second-order valence-corrected chi connectivity index (χ2v) is 8.93. The average Bonchev–Trinajstić information content (AvgIpc) is 3.24. The molecule has 1 fully saturated rings. The number of amides is 1. The molecule has 1 aliphatic rings. The third kappa shape index (κ3) is 3.89. The molecule has 0 radical (unpaired) electrons. The van der Waals surface area contributed by atoms with Gasteiger partial charge in [-0.2, -0.15) is 0 Å². The Bertz CT molecular complexity index is 1200. The number of anilines is 1. The number of thiazole rings is 1. The van der Waals surface area contributed by atoms with Crippen molar-refractivity contribution in [2.75, 3.05) is 11.5 Å². The van der Waals surface area contributed by atoms with Gasteiger partial charge in [-0.15, -0.1) is 11.3 Å². The maximum Gasteiger partial charge on any atom is 0.301 e. The van der Waals surface area contributed by atoms with Crippen molar-refractivity contribution >= 4 is 45.5 Å². The van der Waals surface area contributed by atoms with E-state index in [1.165, 1.54) is 16.2 Å². The van der Waals surface area contributed by atoms with E-state index < -0.39 is 17.7 Å². The summed E-state index contributed by atoms with van der Waals surface area (Å²) < 4.78 is 5.45. The number of ketones is 1. The number of nitrogens with zero attached hydrogens (tertiary/aromatic N) is 2. The van der Waals surface area contributed by atoms with Crippen LogP contribution in [0.15, 0.2) is 54.1 Å². The van der Waals surface area contributed by atoms with Gasteiger partial charge in [0.15, 0.2) is 5.13 Å². The first-order valence-electron chi connectivity index (χ1n) is 10.1. The molecule has 0 saturated carbocycles. The van der Waals surface area contributed by atoms with Crippen LogP contribution in [0.3, 0.4) is 0 Å². The predicted molar refractivity (Wildman–Crippen MR) is 125 cm³/mol. The number of halogens is 1. The number of hydrogen-bond acceptors (Lipinski definition) is 6. The molecule has 4 rings (SSSR count). The molecule has 0 aliphatic carbocycles. The second kappa shape index (κ2) is 8.76. The standard InChI is InChI=1S/C24H21ClN2O4S/c1-4-31-18-11-7-16(8-12-18)21(28)19-20(15-5-9-17(25)10-6-15)27(23(30)22(19)29)24-26-13(2)14(3)32-24/h5-12,20,28H,4H2,1-3H3. The predicted octanol–water partition coefficient (Wildman–Crippen LogP) is 5.44. The number of aliphatic hydroxyl groups is 1. The van der Waals surface area contributed by atoms with E-state index in [9.17, 15) is 14.7 Å². The van der Waals surface area contributed by atoms with Crippen molar-refractivity contribution in [1.82, 2.24) is 4.98 Å². The van der Waals surface area contributed by atoms with Gasteiger partial charge in [0.05, 0.1) is 23.9 Å². The third-order valence-corrected chi connectivity index (χ3v) is 6.62. The fraction of sp³-hybridized carbons (Fsp3) is 0.208. The number of aromatic nitrogens is 1. The molecule has 0 spiro atoms. The highest BCUT2D eigenvalue weighted by atomic mass is 35.5. The Morgan fingerprint density at radius 3 is 2.34 bits per heavy atom. The number of benzene rings is 2. The quantitative estimate of drug-likeness (QED) is 0.306. The largest absolute Gasteiger partial charge is 0.507 e. The van der Waals surface area contributed by atoms with Crippen molar-refractivity contribution < 1.29 is 19.4 Å². The smallest absolute Gasteiger partial charge is 0.301 e. The monoisotopic (exact) mass is 468 g/mol. The molecular formula is C24H21ClN2O4S. The highest BCUT2D eigenvalue weighted by Gasteiger charge is 2.48. The Kier molecular flexibility index (Phi) is 6.04. The van der Waals surface area contributed by atoms with Crippen LogP contribution in [-0.4, -0.2) is 28.4 Å². The fourth-order valence-electron chi connectivity index (χ4n) is 3.58. The Morgan fingerprint density at radius 1 is 1.12 bits per heavy atom. The Morgan fingerprint density at radius 2 is 1.78 bits per heavy atom. The molecule has 1 amide bonds. The van der Waals surface area contributed by atoms with Crippen molar-refractivity contribution in [3.63, 3.8) is 0 Å². The zero-order valence-corrected chi connectivity index (χ0v) is 19.3. The van der Waals surface area contributed by atoms with E-state index in [1.54, 1.807) is 48.5 Å². The molecule has 1 atom stereocenters. The van der Waals surface area contributed by atoms with Crippen molar-refractivity contribution in [2.45, 2.75) is 26.8 Å². The van der Waals surface area contributed by atoms with Crippen LogP contribution in [0.5, 0.6) is 5.75 Å². The Hall–Kier alpha value is -3.16. The first-order chi connectivity index (χ1) is 15.3. The van der Waals surface area contributed by atoms with Gasteiger partial charge in [0.2, 0.25) is 0 Å². The van der Waals surface area contributed by atoms with E-state index >= 15 is 0 Å². The van der Waals surface area contributed by atoms with Crippen LogP contribution in [0, 0.1) is 13.8 Å². The number of aryl methyl sites for hydroxylation is 2. The molecule has 3 aromatic rings. The van der Waals surface area contributed by atoms with Crippen LogP contribution < -0.4 is 9.64 Å². The third-order valence-electron chi connectivity index (χ3n) is 5.29. The molecule has 1 saturated heterocycles. The molecule has 1 aliphatic heterocycles. The van der Waals surface area contributed by atoms with Crippen molar-refractivity contribution in [2.24, 2.45) is 0 Å². The lowest BCUT2D eigenvalue weighted by Gasteiger charge is -2.23.